The molecule has 3 rings (SSSR count). The first kappa shape index (κ1) is 18.6. The second-order valence-corrected chi connectivity index (χ2v) is 6.58. The molecule has 0 bridgehead atoms. The number of nitrogens with zero attached hydrogens (tertiary/aromatic N) is 1. The quantitative estimate of drug-likeness (QED) is 0.765. The van der Waals surface area contributed by atoms with Crippen molar-refractivity contribution in [2.45, 2.75) is 0 Å². The van der Waals surface area contributed by atoms with Crippen molar-refractivity contribution in [2.75, 3.05) is 13.1 Å². The predicted molar refractivity (Wildman–Crippen MR) is 98.5 cm³/mol. The van der Waals surface area contributed by atoms with Gasteiger partial charge >= 0.3 is 0 Å². The van der Waals surface area contributed by atoms with Gasteiger partial charge in [0.1, 0.15) is 5.82 Å². The van der Waals surface area contributed by atoms with Crippen molar-refractivity contribution < 1.29 is 18.8 Å². The predicted octanol–water partition coefficient (Wildman–Crippen LogP) is 1.98. The number of aromatic amines is 1. The Hall–Kier alpha value is -3.20. The van der Waals surface area contributed by atoms with Crippen LogP contribution in [0.4, 0.5) is 9.18 Å². The minimum Gasteiger partial charge on any atom is -0.350 e. The van der Waals surface area contributed by atoms with E-state index in [1.54, 1.807) is 0 Å². The zero-order valence-corrected chi connectivity index (χ0v) is 14.7. The van der Waals surface area contributed by atoms with Gasteiger partial charge in [-0.05, 0) is 41.6 Å². The van der Waals surface area contributed by atoms with Crippen molar-refractivity contribution in [1.82, 2.24) is 15.2 Å². The number of H-pyrrole nitrogens is 1. The maximum atomic E-state index is 12.9. The molecular formula is C18H14FN3O4S. The second-order valence-electron chi connectivity index (χ2n) is 5.58. The number of hydrogen-bond acceptors (Lipinski definition) is 5. The summed E-state index contributed by atoms with van der Waals surface area (Å²) in [4.78, 5) is 51.0. The molecule has 0 spiro atoms. The van der Waals surface area contributed by atoms with E-state index in [2.05, 4.69) is 10.3 Å². The summed E-state index contributed by atoms with van der Waals surface area (Å²) in [5.74, 6) is -1.29. The minimum atomic E-state index is -0.465. The van der Waals surface area contributed by atoms with Gasteiger partial charge in [-0.15, -0.1) is 0 Å². The number of amides is 3. The summed E-state index contributed by atoms with van der Waals surface area (Å²) in [5, 5.41) is 2.14. The number of thioether (sulfide) groups is 1. The molecule has 0 saturated carbocycles. The maximum absolute atomic E-state index is 12.9. The maximum Gasteiger partial charge on any atom is 0.293 e. The number of pyridine rings is 1. The fraction of sp³-hybridized carbons (Fsp3) is 0.111. The van der Waals surface area contributed by atoms with Crippen LogP contribution in [0.25, 0.3) is 6.08 Å². The molecule has 7 nitrogen and oxygen atoms in total. The van der Waals surface area contributed by atoms with Crippen molar-refractivity contribution in [3.63, 3.8) is 0 Å². The Morgan fingerprint density at radius 3 is 2.56 bits per heavy atom. The van der Waals surface area contributed by atoms with E-state index in [1.807, 2.05) is 0 Å². The number of aromatic nitrogens is 1. The topological polar surface area (TPSA) is 99.3 Å². The summed E-state index contributed by atoms with van der Waals surface area (Å²) in [6.07, 6.45) is 2.80. The smallest absolute Gasteiger partial charge is 0.293 e. The molecule has 0 aliphatic carbocycles. The first-order chi connectivity index (χ1) is 12.9. The number of carbonyl (C=O) groups excluding carboxylic acids is 3. The lowest BCUT2D eigenvalue weighted by Gasteiger charge is -2.12. The molecule has 1 aromatic carbocycles. The van der Waals surface area contributed by atoms with Crippen LogP contribution in [0.15, 0.2) is 52.3 Å². The molecular weight excluding hydrogens is 373 g/mol. The third kappa shape index (κ3) is 4.50. The highest BCUT2D eigenvalue weighted by Gasteiger charge is 2.34. The van der Waals surface area contributed by atoms with Gasteiger partial charge in [0, 0.05) is 25.4 Å². The fourth-order valence-corrected chi connectivity index (χ4v) is 3.20. The van der Waals surface area contributed by atoms with E-state index >= 15 is 0 Å². The third-order valence-corrected chi connectivity index (χ3v) is 4.62. The largest absolute Gasteiger partial charge is 0.350 e. The van der Waals surface area contributed by atoms with Crippen LogP contribution >= 0.6 is 11.8 Å². The summed E-state index contributed by atoms with van der Waals surface area (Å²) in [6.45, 7) is 0.0837. The van der Waals surface area contributed by atoms with Crippen LogP contribution < -0.4 is 10.9 Å². The van der Waals surface area contributed by atoms with Crippen LogP contribution in [0.3, 0.4) is 0 Å². The van der Waals surface area contributed by atoms with Gasteiger partial charge in [0.15, 0.2) is 0 Å². The minimum absolute atomic E-state index is 0.0144. The molecule has 1 aliphatic rings. The molecule has 1 fully saturated rings. The average Bonchev–Trinajstić information content (AvgIpc) is 2.91. The summed E-state index contributed by atoms with van der Waals surface area (Å²) in [7, 11) is 0. The Bertz CT molecular complexity index is 964. The molecule has 2 aromatic rings. The van der Waals surface area contributed by atoms with Crippen molar-refractivity contribution >= 4 is 34.9 Å². The Morgan fingerprint density at radius 1 is 1.15 bits per heavy atom. The van der Waals surface area contributed by atoms with Gasteiger partial charge < -0.3 is 10.3 Å². The van der Waals surface area contributed by atoms with E-state index in [0.29, 0.717) is 5.56 Å². The van der Waals surface area contributed by atoms with E-state index in [-0.39, 0.29) is 29.1 Å². The van der Waals surface area contributed by atoms with Crippen molar-refractivity contribution in [1.29, 1.82) is 0 Å². The van der Waals surface area contributed by atoms with Crippen LogP contribution in [0.5, 0.6) is 0 Å². The van der Waals surface area contributed by atoms with Crippen molar-refractivity contribution in [2.24, 2.45) is 0 Å². The van der Waals surface area contributed by atoms with Crippen LogP contribution in [0.2, 0.25) is 0 Å². The first-order valence-corrected chi connectivity index (χ1v) is 8.73. The molecule has 0 radical (unpaired) electrons. The lowest BCUT2D eigenvalue weighted by Crippen LogP contribution is -2.37. The van der Waals surface area contributed by atoms with E-state index in [0.717, 1.165) is 16.7 Å². The van der Waals surface area contributed by atoms with Crippen LogP contribution in [0, 0.1) is 5.82 Å². The number of carbonyl (C=O) groups is 3. The lowest BCUT2D eigenvalue weighted by atomic mass is 10.2. The van der Waals surface area contributed by atoms with Gasteiger partial charge in [-0.2, -0.15) is 0 Å². The van der Waals surface area contributed by atoms with E-state index < -0.39 is 22.9 Å². The molecule has 3 amide bonds. The highest BCUT2D eigenvalue weighted by molar-refractivity contribution is 8.18. The number of rotatable bonds is 5. The zero-order valence-electron chi connectivity index (χ0n) is 13.9. The Kier molecular flexibility index (Phi) is 5.51. The number of imide groups is 1. The normalized spacial score (nSPS) is 15.4. The van der Waals surface area contributed by atoms with E-state index in [4.69, 9.17) is 0 Å². The number of hydrogen-bond donors (Lipinski definition) is 2. The summed E-state index contributed by atoms with van der Waals surface area (Å²) >= 11 is 0.790. The molecule has 27 heavy (non-hydrogen) atoms. The highest BCUT2D eigenvalue weighted by atomic mass is 32.2. The standard InChI is InChI=1S/C18H14FN3O4S/c19-13-4-1-11(2-5-13)9-14-17(25)22(18(26)27-14)8-7-20-16(24)12-3-6-15(23)21-10-12/h1-6,9-10H,7-8H2,(H,20,24)(H,21,23). The molecule has 2 N–H and O–H groups in total. The summed E-state index contributed by atoms with van der Waals surface area (Å²) < 4.78 is 12.9. The van der Waals surface area contributed by atoms with Crippen LogP contribution in [-0.2, 0) is 4.79 Å². The average molecular weight is 387 g/mol. The van der Waals surface area contributed by atoms with Gasteiger partial charge in [0.25, 0.3) is 17.1 Å². The molecule has 0 unspecified atom stereocenters. The summed E-state index contributed by atoms with van der Waals surface area (Å²) in [5.41, 5.74) is 0.547. The monoisotopic (exact) mass is 387 g/mol. The number of benzene rings is 1. The first-order valence-electron chi connectivity index (χ1n) is 7.92. The van der Waals surface area contributed by atoms with Gasteiger partial charge in [-0.25, -0.2) is 4.39 Å². The van der Waals surface area contributed by atoms with Crippen molar-refractivity contribution in [3.05, 3.63) is 74.8 Å². The third-order valence-electron chi connectivity index (χ3n) is 3.71. The number of halogens is 1. The lowest BCUT2D eigenvalue weighted by molar-refractivity contribution is -0.122. The zero-order chi connectivity index (χ0) is 19.4. The van der Waals surface area contributed by atoms with Gasteiger partial charge in [0.05, 0.1) is 10.5 Å². The highest BCUT2D eigenvalue weighted by Crippen LogP contribution is 2.31. The summed E-state index contributed by atoms with van der Waals surface area (Å²) in [6, 6.07) is 8.15. The SMILES string of the molecule is O=C(NCCN1C(=O)SC(=Cc2ccc(F)cc2)C1=O)c1ccc(=O)[nH]c1. The Balaban J connectivity index is 1.59. The van der Waals surface area contributed by atoms with Gasteiger partial charge in [-0.3, -0.25) is 24.1 Å². The van der Waals surface area contributed by atoms with Gasteiger partial charge in [0.2, 0.25) is 5.56 Å². The number of nitrogens with one attached hydrogen (secondary N) is 2. The molecule has 1 aliphatic heterocycles. The van der Waals surface area contributed by atoms with Crippen molar-refractivity contribution in [3.8, 4) is 0 Å². The molecule has 138 valence electrons. The molecule has 9 heteroatoms. The molecule has 0 atom stereocenters. The van der Waals surface area contributed by atoms with Gasteiger partial charge in [-0.1, -0.05) is 12.1 Å². The Labute approximate surface area is 157 Å². The molecule has 2 heterocycles. The van der Waals surface area contributed by atoms with Crippen LogP contribution in [-0.4, -0.2) is 40.0 Å². The second kappa shape index (κ2) is 8.00. The molecule has 1 aromatic heterocycles. The Morgan fingerprint density at radius 2 is 1.89 bits per heavy atom. The fourth-order valence-electron chi connectivity index (χ4n) is 2.34. The van der Waals surface area contributed by atoms with Crippen LogP contribution in [0.1, 0.15) is 15.9 Å². The van der Waals surface area contributed by atoms with E-state index in [1.165, 1.54) is 48.7 Å². The van der Waals surface area contributed by atoms with E-state index in [9.17, 15) is 23.6 Å². The molecule has 1 saturated heterocycles.